The smallest absolute Gasteiger partial charge is 0.122 e. The summed E-state index contributed by atoms with van der Waals surface area (Å²) in [7, 11) is 0. The molecular formula is C39H42O4. The minimum atomic E-state index is -0.655. The quantitative estimate of drug-likeness (QED) is 0.128. The van der Waals surface area contributed by atoms with Gasteiger partial charge in [-0.1, -0.05) is 87.5 Å². The molecule has 4 N–H and O–H groups in total. The van der Waals surface area contributed by atoms with Crippen LogP contribution in [0.25, 0.3) is 0 Å². The number of phenolic OH excluding ortho intramolecular Hbond substituents is 4. The molecule has 0 unspecified atom stereocenters. The number of allylic oxidation sites excluding steroid dienone is 3. The molecule has 4 aromatic carbocycles. The van der Waals surface area contributed by atoms with Gasteiger partial charge in [0.2, 0.25) is 0 Å². The summed E-state index contributed by atoms with van der Waals surface area (Å²) >= 11 is 0. The molecule has 4 rings (SSSR count). The van der Waals surface area contributed by atoms with Crippen LogP contribution in [0.1, 0.15) is 65.3 Å². The normalized spacial score (nSPS) is 11.7. The van der Waals surface area contributed by atoms with Gasteiger partial charge in [-0.2, -0.15) is 0 Å². The van der Waals surface area contributed by atoms with Crippen molar-refractivity contribution in [1.82, 2.24) is 0 Å². The van der Waals surface area contributed by atoms with Crippen LogP contribution < -0.4 is 0 Å². The summed E-state index contributed by atoms with van der Waals surface area (Å²) in [5.41, 5.74) is 6.01. The van der Waals surface area contributed by atoms with Crippen LogP contribution in [0.3, 0.4) is 0 Å². The third-order valence-corrected chi connectivity index (χ3v) is 8.65. The highest BCUT2D eigenvalue weighted by molar-refractivity contribution is 5.54. The first kappa shape index (κ1) is 31.2. The molecule has 0 fully saturated rings. The second-order valence-corrected chi connectivity index (χ2v) is 12.0. The molecule has 0 heterocycles. The zero-order valence-electron chi connectivity index (χ0n) is 25.4. The Morgan fingerprint density at radius 1 is 0.535 bits per heavy atom. The van der Waals surface area contributed by atoms with E-state index < -0.39 is 10.8 Å². The van der Waals surface area contributed by atoms with Gasteiger partial charge in [-0.3, -0.25) is 0 Å². The highest BCUT2D eigenvalue weighted by Gasteiger charge is 2.33. The largest absolute Gasteiger partial charge is 0.508 e. The number of hydrogen-bond acceptors (Lipinski definition) is 4. The molecule has 222 valence electrons. The fourth-order valence-corrected chi connectivity index (χ4v) is 5.86. The van der Waals surface area contributed by atoms with E-state index in [4.69, 9.17) is 0 Å². The van der Waals surface area contributed by atoms with Crippen LogP contribution in [0.4, 0.5) is 0 Å². The summed E-state index contributed by atoms with van der Waals surface area (Å²) in [6, 6.07) is 22.6. The molecule has 0 aromatic heterocycles. The highest BCUT2D eigenvalue weighted by atomic mass is 16.3. The topological polar surface area (TPSA) is 80.9 Å². The standard InChI is InChI=1S/C39H42O4/c1-7-10-26-21-31(15-19-35(26)41)39(6,32-16-20-36(42)27(22-32)11-8-2)25-29-24-33(23-28(12-9-3)37(29)43)38(4,5)30-13-17-34(40)18-14-30/h7-9,13-24,40-43H,1-3,10-12,25H2,4-6H3. The van der Waals surface area contributed by atoms with Crippen molar-refractivity contribution >= 4 is 0 Å². The predicted molar refractivity (Wildman–Crippen MR) is 176 cm³/mol. The van der Waals surface area contributed by atoms with Crippen LogP contribution in [0.15, 0.2) is 111 Å². The maximum absolute atomic E-state index is 11.7. The molecular weight excluding hydrogens is 532 g/mol. The van der Waals surface area contributed by atoms with E-state index in [2.05, 4.69) is 46.6 Å². The number of hydrogen-bond donors (Lipinski definition) is 4. The number of phenols is 4. The second kappa shape index (κ2) is 12.7. The van der Waals surface area contributed by atoms with E-state index in [0.29, 0.717) is 25.7 Å². The predicted octanol–water partition coefficient (Wildman–Crippen LogP) is 8.57. The van der Waals surface area contributed by atoms with Crippen molar-refractivity contribution in [2.75, 3.05) is 0 Å². The van der Waals surface area contributed by atoms with Crippen LogP contribution in [0.5, 0.6) is 23.0 Å². The van der Waals surface area contributed by atoms with Gasteiger partial charge in [-0.05, 0) is 94.5 Å². The first-order valence-electron chi connectivity index (χ1n) is 14.6. The van der Waals surface area contributed by atoms with Crippen molar-refractivity contribution in [3.05, 3.63) is 155 Å². The molecule has 0 bridgehead atoms. The van der Waals surface area contributed by atoms with Crippen molar-refractivity contribution < 1.29 is 20.4 Å². The van der Waals surface area contributed by atoms with Crippen molar-refractivity contribution in [1.29, 1.82) is 0 Å². The minimum absolute atomic E-state index is 0.206. The Labute approximate surface area is 255 Å². The summed E-state index contributed by atoms with van der Waals surface area (Å²) in [4.78, 5) is 0. The van der Waals surface area contributed by atoms with Gasteiger partial charge in [0, 0.05) is 10.8 Å². The Hall–Kier alpha value is -4.70. The zero-order chi connectivity index (χ0) is 31.4. The Bertz CT molecular complexity index is 1580. The van der Waals surface area contributed by atoms with E-state index in [1.807, 2.05) is 42.5 Å². The maximum Gasteiger partial charge on any atom is 0.122 e. The summed E-state index contributed by atoms with van der Waals surface area (Å²) in [5, 5.41) is 42.7. The van der Waals surface area contributed by atoms with Crippen LogP contribution in [0.2, 0.25) is 0 Å². The summed E-state index contributed by atoms with van der Waals surface area (Å²) in [6.45, 7) is 18.0. The summed E-state index contributed by atoms with van der Waals surface area (Å²) in [5.74, 6) is 0.852. The molecule has 43 heavy (non-hydrogen) atoms. The van der Waals surface area contributed by atoms with Gasteiger partial charge in [-0.15, -0.1) is 19.7 Å². The first-order valence-corrected chi connectivity index (χ1v) is 14.6. The van der Waals surface area contributed by atoms with E-state index in [0.717, 1.165) is 44.5 Å². The molecule has 0 amide bonds. The van der Waals surface area contributed by atoms with Crippen molar-refractivity contribution in [2.45, 2.75) is 57.3 Å². The Kier molecular flexibility index (Phi) is 9.20. The summed E-state index contributed by atoms with van der Waals surface area (Å²) < 4.78 is 0. The van der Waals surface area contributed by atoms with Gasteiger partial charge >= 0.3 is 0 Å². The SMILES string of the molecule is C=CCc1cc(C(C)(Cc2cc(C(C)(C)c3ccc(O)cc3)cc(CC=C)c2O)c2ccc(O)c(CC=C)c2)ccc1O. The minimum Gasteiger partial charge on any atom is -0.508 e. The first-order chi connectivity index (χ1) is 20.4. The van der Waals surface area contributed by atoms with E-state index in [-0.39, 0.29) is 23.0 Å². The Balaban J connectivity index is 1.96. The van der Waals surface area contributed by atoms with Gasteiger partial charge < -0.3 is 20.4 Å². The van der Waals surface area contributed by atoms with Crippen molar-refractivity contribution in [3.63, 3.8) is 0 Å². The van der Waals surface area contributed by atoms with Gasteiger partial charge in [0.1, 0.15) is 23.0 Å². The van der Waals surface area contributed by atoms with Crippen molar-refractivity contribution in [2.24, 2.45) is 0 Å². The lowest BCUT2D eigenvalue weighted by Crippen LogP contribution is -2.28. The Morgan fingerprint density at radius 2 is 0.953 bits per heavy atom. The fraction of sp³-hybridized carbons (Fsp3) is 0.231. The molecule has 4 aromatic rings. The average molecular weight is 575 g/mol. The zero-order valence-corrected chi connectivity index (χ0v) is 25.4. The molecule has 0 radical (unpaired) electrons. The molecule has 0 aliphatic heterocycles. The van der Waals surface area contributed by atoms with Crippen LogP contribution in [0, 0.1) is 0 Å². The van der Waals surface area contributed by atoms with E-state index in [9.17, 15) is 20.4 Å². The third kappa shape index (κ3) is 6.39. The number of aromatic hydroxyl groups is 4. The highest BCUT2D eigenvalue weighted by Crippen LogP contribution is 2.43. The molecule has 0 aliphatic carbocycles. The molecule has 4 nitrogen and oxygen atoms in total. The van der Waals surface area contributed by atoms with Gasteiger partial charge in [-0.25, -0.2) is 0 Å². The van der Waals surface area contributed by atoms with Crippen molar-refractivity contribution in [3.8, 4) is 23.0 Å². The molecule has 0 spiro atoms. The van der Waals surface area contributed by atoms with Crippen LogP contribution in [-0.2, 0) is 36.5 Å². The van der Waals surface area contributed by atoms with Gasteiger partial charge in [0.05, 0.1) is 0 Å². The second-order valence-electron chi connectivity index (χ2n) is 12.0. The van der Waals surface area contributed by atoms with Gasteiger partial charge in [0.15, 0.2) is 0 Å². The Morgan fingerprint density at radius 3 is 1.44 bits per heavy atom. The number of rotatable bonds is 12. The molecule has 0 atom stereocenters. The average Bonchev–Trinajstić information content (AvgIpc) is 2.97. The molecule has 4 heteroatoms. The lowest BCUT2D eigenvalue weighted by atomic mass is 9.69. The molecule has 0 saturated heterocycles. The monoisotopic (exact) mass is 574 g/mol. The fourth-order valence-electron chi connectivity index (χ4n) is 5.86. The lowest BCUT2D eigenvalue weighted by Gasteiger charge is -2.34. The molecule has 0 saturated carbocycles. The van der Waals surface area contributed by atoms with E-state index in [1.165, 1.54) is 0 Å². The van der Waals surface area contributed by atoms with E-state index >= 15 is 0 Å². The van der Waals surface area contributed by atoms with Crippen LogP contribution >= 0.6 is 0 Å². The van der Waals surface area contributed by atoms with E-state index in [1.54, 1.807) is 42.5 Å². The number of benzene rings is 4. The summed E-state index contributed by atoms with van der Waals surface area (Å²) in [6.07, 6.45) is 7.29. The maximum atomic E-state index is 11.7. The van der Waals surface area contributed by atoms with Gasteiger partial charge in [0.25, 0.3) is 0 Å². The third-order valence-electron chi connectivity index (χ3n) is 8.65. The lowest BCUT2D eigenvalue weighted by molar-refractivity contribution is 0.448. The van der Waals surface area contributed by atoms with Crippen LogP contribution in [-0.4, -0.2) is 20.4 Å². The molecule has 0 aliphatic rings.